The van der Waals surface area contributed by atoms with Gasteiger partial charge < -0.3 is 29.5 Å². The number of benzene rings is 2. The Balaban J connectivity index is 1.29. The van der Waals surface area contributed by atoms with Gasteiger partial charge >= 0.3 is 0 Å². The molecule has 0 unspecified atom stereocenters. The lowest BCUT2D eigenvalue weighted by Crippen LogP contribution is -2.36. The molecule has 36 heavy (non-hydrogen) atoms. The van der Waals surface area contributed by atoms with Crippen molar-refractivity contribution in [2.45, 2.75) is 38.1 Å². The number of primary amides is 1. The molecule has 2 aliphatic rings. The molecule has 2 N–H and O–H groups in total. The van der Waals surface area contributed by atoms with E-state index in [1.165, 1.54) is 11.1 Å². The number of nitrogens with two attached hydrogens (primary N) is 1. The minimum absolute atomic E-state index is 0.388. The highest BCUT2D eigenvalue weighted by molar-refractivity contribution is 6.07. The van der Waals surface area contributed by atoms with E-state index in [1.807, 2.05) is 18.2 Å². The van der Waals surface area contributed by atoms with Gasteiger partial charge in [0.1, 0.15) is 18.6 Å². The van der Waals surface area contributed by atoms with E-state index in [9.17, 15) is 4.79 Å². The van der Waals surface area contributed by atoms with E-state index in [0.29, 0.717) is 11.6 Å². The summed E-state index contributed by atoms with van der Waals surface area (Å²) in [4.78, 5) is 19.3. The third-order valence-corrected chi connectivity index (χ3v) is 7.65. The SMILES string of the molecule is CO/N=C1/CCc2c(CCN3CCC(n4ccc5ccc(C(N)=O)cc54)CC3)c(OC)cc(OC)c21. The number of methoxy groups -OCH3 is 2. The van der Waals surface area contributed by atoms with Crippen molar-refractivity contribution in [2.24, 2.45) is 10.9 Å². The molecule has 0 spiro atoms. The number of carbonyl (C=O) groups is 1. The lowest BCUT2D eigenvalue weighted by molar-refractivity contribution is 0.100. The molecule has 1 aliphatic heterocycles. The fraction of sp³-hybridized carbons (Fsp3) is 0.429. The zero-order valence-corrected chi connectivity index (χ0v) is 21.3. The highest BCUT2D eigenvalue weighted by Crippen LogP contribution is 2.40. The average molecular weight is 491 g/mol. The van der Waals surface area contributed by atoms with E-state index >= 15 is 0 Å². The largest absolute Gasteiger partial charge is 0.496 e. The molecule has 5 rings (SSSR count). The number of hydrogen-bond acceptors (Lipinski definition) is 6. The second-order valence-corrected chi connectivity index (χ2v) is 9.52. The van der Waals surface area contributed by atoms with Crippen LogP contribution in [0.3, 0.4) is 0 Å². The van der Waals surface area contributed by atoms with Crippen molar-refractivity contribution >= 4 is 22.5 Å². The first kappa shape index (κ1) is 24.2. The molecule has 2 heterocycles. The lowest BCUT2D eigenvalue weighted by atomic mass is 9.97. The van der Waals surface area contributed by atoms with Crippen LogP contribution >= 0.6 is 0 Å². The van der Waals surface area contributed by atoms with Crippen LogP contribution in [0.5, 0.6) is 11.5 Å². The van der Waals surface area contributed by atoms with Crippen molar-refractivity contribution < 1.29 is 19.1 Å². The van der Waals surface area contributed by atoms with E-state index in [1.54, 1.807) is 27.4 Å². The Morgan fingerprint density at radius 1 is 1.06 bits per heavy atom. The van der Waals surface area contributed by atoms with Gasteiger partial charge in [0.15, 0.2) is 0 Å². The molecule has 8 nitrogen and oxygen atoms in total. The fourth-order valence-corrected chi connectivity index (χ4v) is 5.82. The third-order valence-electron chi connectivity index (χ3n) is 7.65. The molecule has 2 aromatic carbocycles. The predicted octanol–water partition coefficient (Wildman–Crippen LogP) is 3.93. The molecule has 0 radical (unpaired) electrons. The van der Waals surface area contributed by atoms with Crippen molar-refractivity contribution in [3.05, 3.63) is 58.8 Å². The molecular weight excluding hydrogens is 456 g/mol. The fourth-order valence-electron chi connectivity index (χ4n) is 5.82. The van der Waals surface area contributed by atoms with E-state index in [2.05, 4.69) is 26.9 Å². The van der Waals surface area contributed by atoms with Crippen LogP contribution in [-0.4, -0.2) is 62.0 Å². The molecule has 0 saturated carbocycles. The Morgan fingerprint density at radius 2 is 1.83 bits per heavy atom. The van der Waals surface area contributed by atoms with E-state index < -0.39 is 0 Å². The smallest absolute Gasteiger partial charge is 0.248 e. The number of oxime groups is 1. The van der Waals surface area contributed by atoms with Gasteiger partial charge in [-0.15, -0.1) is 0 Å². The monoisotopic (exact) mass is 490 g/mol. The average Bonchev–Trinajstić information content (AvgIpc) is 3.52. The van der Waals surface area contributed by atoms with Crippen LogP contribution in [0, 0.1) is 0 Å². The number of likely N-dealkylation sites (tertiary alicyclic amines) is 1. The van der Waals surface area contributed by atoms with Crippen molar-refractivity contribution in [1.82, 2.24) is 9.47 Å². The van der Waals surface area contributed by atoms with Gasteiger partial charge in [0.25, 0.3) is 0 Å². The number of piperidine rings is 1. The molecule has 8 heteroatoms. The van der Waals surface area contributed by atoms with Gasteiger partial charge in [0.2, 0.25) is 5.91 Å². The van der Waals surface area contributed by atoms with Crippen LogP contribution in [0.1, 0.15) is 52.4 Å². The number of amides is 1. The minimum atomic E-state index is -0.388. The second-order valence-electron chi connectivity index (χ2n) is 9.52. The van der Waals surface area contributed by atoms with Crippen LogP contribution in [0.25, 0.3) is 10.9 Å². The topological polar surface area (TPSA) is 91.3 Å². The maximum atomic E-state index is 11.7. The molecule has 1 amide bonds. The predicted molar refractivity (Wildman–Crippen MR) is 140 cm³/mol. The quantitative estimate of drug-likeness (QED) is 0.483. The number of aromatic nitrogens is 1. The van der Waals surface area contributed by atoms with Crippen molar-refractivity contribution in [3.8, 4) is 11.5 Å². The third kappa shape index (κ3) is 4.41. The Labute approximate surface area is 211 Å². The van der Waals surface area contributed by atoms with Gasteiger partial charge in [-0.1, -0.05) is 11.2 Å². The lowest BCUT2D eigenvalue weighted by Gasteiger charge is -2.33. The Hall–Kier alpha value is -3.52. The van der Waals surface area contributed by atoms with Crippen molar-refractivity contribution in [1.29, 1.82) is 0 Å². The van der Waals surface area contributed by atoms with Gasteiger partial charge in [-0.25, -0.2) is 0 Å². The summed E-state index contributed by atoms with van der Waals surface area (Å²) in [7, 11) is 4.99. The molecule has 1 aromatic heterocycles. The van der Waals surface area contributed by atoms with Crippen molar-refractivity contribution in [3.63, 3.8) is 0 Å². The zero-order chi connectivity index (χ0) is 25.2. The molecule has 1 aliphatic carbocycles. The number of ether oxygens (including phenoxy) is 2. The number of nitrogens with zero attached hydrogens (tertiary/aromatic N) is 3. The maximum absolute atomic E-state index is 11.7. The van der Waals surface area contributed by atoms with Crippen LogP contribution < -0.4 is 15.2 Å². The summed E-state index contributed by atoms with van der Waals surface area (Å²) in [5.41, 5.74) is 11.7. The summed E-state index contributed by atoms with van der Waals surface area (Å²) in [6.45, 7) is 3.02. The molecule has 1 saturated heterocycles. The Bertz CT molecular complexity index is 1300. The number of fused-ring (bicyclic) bond motifs is 2. The Kier molecular flexibility index (Phi) is 6.87. The summed E-state index contributed by atoms with van der Waals surface area (Å²) in [6, 6.07) is 10.2. The minimum Gasteiger partial charge on any atom is -0.496 e. The van der Waals surface area contributed by atoms with Crippen molar-refractivity contribution in [2.75, 3.05) is 41.0 Å². The molecule has 190 valence electrons. The summed E-state index contributed by atoms with van der Waals surface area (Å²) in [5, 5.41) is 5.39. The number of carbonyl (C=O) groups excluding carboxylic acids is 1. The van der Waals surface area contributed by atoms with Gasteiger partial charge in [0, 0.05) is 54.6 Å². The highest BCUT2D eigenvalue weighted by Gasteiger charge is 2.29. The summed E-state index contributed by atoms with van der Waals surface area (Å²) in [5.74, 6) is 1.28. The van der Waals surface area contributed by atoms with Crippen LogP contribution in [-0.2, 0) is 17.7 Å². The van der Waals surface area contributed by atoms with Gasteiger partial charge in [-0.3, -0.25) is 4.79 Å². The second kappa shape index (κ2) is 10.2. The first-order chi connectivity index (χ1) is 17.5. The van der Waals surface area contributed by atoms with E-state index in [4.69, 9.17) is 20.0 Å². The van der Waals surface area contributed by atoms with E-state index in [0.717, 1.165) is 85.4 Å². The van der Waals surface area contributed by atoms with Crippen LogP contribution in [0.2, 0.25) is 0 Å². The van der Waals surface area contributed by atoms with Gasteiger partial charge in [-0.2, -0.15) is 0 Å². The summed E-state index contributed by atoms with van der Waals surface area (Å²) < 4.78 is 13.8. The zero-order valence-electron chi connectivity index (χ0n) is 21.3. The number of rotatable bonds is 8. The van der Waals surface area contributed by atoms with Gasteiger partial charge in [0.05, 0.1) is 19.9 Å². The standard InChI is InChI=1S/C28H34N4O4/c1-34-25-17-26(35-2)27-22(6-7-23(27)30-36-3)21(25)11-14-31-12-9-20(10-13-31)32-15-8-18-4-5-19(28(29)33)16-24(18)32/h4-5,8,15-17,20H,6-7,9-14H2,1-3H3,(H2,29,33)/b30-23-. The number of hydrogen-bond donors (Lipinski definition) is 1. The molecule has 0 bridgehead atoms. The first-order valence-electron chi connectivity index (χ1n) is 12.5. The molecule has 3 aromatic rings. The summed E-state index contributed by atoms with van der Waals surface area (Å²) in [6.07, 6.45) is 6.93. The molecule has 0 atom stereocenters. The molecular formula is C28H34N4O4. The normalized spacial score (nSPS) is 17.5. The van der Waals surface area contributed by atoms with Gasteiger partial charge in [-0.05, 0) is 66.8 Å². The first-order valence-corrected chi connectivity index (χ1v) is 12.5. The summed E-state index contributed by atoms with van der Waals surface area (Å²) >= 11 is 0. The van der Waals surface area contributed by atoms with Crippen LogP contribution in [0.4, 0.5) is 0 Å². The molecule has 1 fully saturated rings. The Morgan fingerprint density at radius 3 is 2.53 bits per heavy atom. The maximum Gasteiger partial charge on any atom is 0.248 e. The highest BCUT2D eigenvalue weighted by atomic mass is 16.6. The van der Waals surface area contributed by atoms with E-state index in [-0.39, 0.29) is 5.91 Å². The van der Waals surface area contributed by atoms with Crippen LogP contribution in [0.15, 0.2) is 41.7 Å².